The fraction of sp³-hybridized carbons (Fsp3) is 0.455. The standard InChI is InChI=1S/C22H27N5O3/c1-15-6-7-18-22(30)24-17(13-27(15)18)4-3-5-20(28)26-10-8-16(9-11-26)21(29)19-12-23-14-25(19)2/h6-7,12-14,16H,3-5,8-11H2,1-2H3,(H,24,30). The van der Waals surface area contributed by atoms with Crippen LogP contribution in [0.15, 0.2) is 35.6 Å². The zero-order valence-electron chi connectivity index (χ0n) is 17.4. The van der Waals surface area contributed by atoms with Gasteiger partial charge in [-0.15, -0.1) is 0 Å². The lowest BCUT2D eigenvalue weighted by Gasteiger charge is -2.31. The Bertz CT molecular complexity index is 1130. The van der Waals surface area contributed by atoms with E-state index in [1.54, 1.807) is 17.1 Å². The number of aromatic nitrogens is 4. The van der Waals surface area contributed by atoms with Crippen LogP contribution in [-0.2, 0) is 18.3 Å². The van der Waals surface area contributed by atoms with Gasteiger partial charge in [0.2, 0.25) is 5.91 Å². The largest absolute Gasteiger partial charge is 0.343 e. The van der Waals surface area contributed by atoms with Crippen LogP contribution in [0.4, 0.5) is 0 Å². The summed E-state index contributed by atoms with van der Waals surface area (Å²) in [6.07, 6.45) is 8.31. The smallest absolute Gasteiger partial charge is 0.272 e. The predicted molar refractivity (Wildman–Crippen MR) is 113 cm³/mol. The molecule has 4 heterocycles. The summed E-state index contributed by atoms with van der Waals surface area (Å²) in [5, 5.41) is 0. The summed E-state index contributed by atoms with van der Waals surface area (Å²) in [6.45, 7) is 3.18. The third-order valence-corrected chi connectivity index (χ3v) is 6.04. The topological polar surface area (TPSA) is 92.5 Å². The molecule has 1 fully saturated rings. The number of likely N-dealkylation sites (tertiary alicyclic amines) is 1. The number of amides is 1. The number of Topliss-reactive ketones (excluding diaryl/α,β-unsaturated/α-hetero) is 1. The second-order valence-electron chi connectivity index (χ2n) is 8.10. The van der Waals surface area contributed by atoms with E-state index in [1.807, 2.05) is 41.6 Å². The fourth-order valence-electron chi connectivity index (χ4n) is 4.21. The molecular formula is C22H27N5O3. The lowest BCUT2D eigenvalue weighted by Crippen LogP contribution is -2.40. The molecule has 3 aromatic rings. The minimum absolute atomic E-state index is 0.0499. The van der Waals surface area contributed by atoms with Gasteiger partial charge >= 0.3 is 0 Å². The van der Waals surface area contributed by atoms with Gasteiger partial charge in [0.15, 0.2) is 5.78 Å². The van der Waals surface area contributed by atoms with Crippen molar-refractivity contribution in [1.29, 1.82) is 0 Å². The molecule has 0 aromatic carbocycles. The number of carbonyl (C=O) groups is 2. The first kappa shape index (κ1) is 20.1. The van der Waals surface area contributed by atoms with E-state index in [0.717, 1.165) is 11.4 Å². The highest BCUT2D eigenvalue weighted by atomic mass is 16.2. The second-order valence-corrected chi connectivity index (χ2v) is 8.10. The van der Waals surface area contributed by atoms with Crippen LogP contribution in [0.1, 0.15) is 47.6 Å². The number of hydrogen-bond acceptors (Lipinski definition) is 4. The number of H-pyrrole nitrogens is 1. The average molecular weight is 409 g/mol. The Morgan fingerprint density at radius 3 is 2.70 bits per heavy atom. The van der Waals surface area contributed by atoms with Crippen molar-refractivity contribution in [2.24, 2.45) is 13.0 Å². The van der Waals surface area contributed by atoms with Crippen molar-refractivity contribution in [3.05, 3.63) is 58.3 Å². The van der Waals surface area contributed by atoms with E-state index in [4.69, 9.17) is 0 Å². The molecule has 1 saturated heterocycles. The van der Waals surface area contributed by atoms with Gasteiger partial charge in [0.1, 0.15) is 11.2 Å². The summed E-state index contributed by atoms with van der Waals surface area (Å²) in [5.41, 5.74) is 3.00. The summed E-state index contributed by atoms with van der Waals surface area (Å²) in [4.78, 5) is 46.2. The molecule has 0 radical (unpaired) electrons. The highest BCUT2D eigenvalue weighted by Crippen LogP contribution is 2.22. The van der Waals surface area contributed by atoms with E-state index in [-0.39, 0.29) is 23.2 Å². The molecule has 158 valence electrons. The van der Waals surface area contributed by atoms with Crippen molar-refractivity contribution >= 4 is 17.2 Å². The monoisotopic (exact) mass is 409 g/mol. The van der Waals surface area contributed by atoms with Crippen LogP contribution in [0.25, 0.3) is 5.52 Å². The maximum Gasteiger partial charge on any atom is 0.272 e. The molecular weight excluding hydrogens is 382 g/mol. The molecule has 3 aromatic heterocycles. The number of hydrogen-bond donors (Lipinski definition) is 1. The maximum absolute atomic E-state index is 12.6. The number of aromatic amines is 1. The number of piperidine rings is 1. The minimum Gasteiger partial charge on any atom is -0.343 e. The third kappa shape index (κ3) is 3.94. The summed E-state index contributed by atoms with van der Waals surface area (Å²) < 4.78 is 3.64. The molecule has 0 aliphatic carbocycles. The highest BCUT2D eigenvalue weighted by Gasteiger charge is 2.28. The number of ketones is 1. The summed E-state index contributed by atoms with van der Waals surface area (Å²) in [6, 6.07) is 3.73. The Balaban J connectivity index is 1.27. The normalized spacial score (nSPS) is 15.1. The zero-order valence-corrected chi connectivity index (χ0v) is 17.4. The molecule has 0 saturated carbocycles. The van der Waals surface area contributed by atoms with E-state index >= 15 is 0 Å². The lowest BCUT2D eigenvalue weighted by molar-refractivity contribution is -0.132. The van der Waals surface area contributed by atoms with Crippen molar-refractivity contribution in [3.8, 4) is 0 Å². The zero-order chi connectivity index (χ0) is 21.3. The predicted octanol–water partition coefficient (Wildman–Crippen LogP) is 2.11. The highest BCUT2D eigenvalue weighted by molar-refractivity contribution is 5.96. The van der Waals surface area contributed by atoms with Crippen LogP contribution in [0.3, 0.4) is 0 Å². The minimum atomic E-state index is -0.105. The van der Waals surface area contributed by atoms with Gasteiger partial charge in [-0.3, -0.25) is 14.4 Å². The molecule has 0 spiro atoms. The molecule has 0 unspecified atom stereocenters. The fourth-order valence-corrected chi connectivity index (χ4v) is 4.21. The van der Waals surface area contributed by atoms with Gasteiger partial charge in [0, 0.05) is 50.1 Å². The van der Waals surface area contributed by atoms with Crippen molar-refractivity contribution in [3.63, 3.8) is 0 Å². The van der Waals surface area contributed by atoms with Crippen molar-refractivity contribution in [1.82, 2.24) is 23.8 Å². The second kappa shape index (κ2) is 8.30. The summed E-state index contributed by atoms with van der Waals surface area (Å²) >= 11 is 0. The molecule has 0 bridgehead atoms. The number of imidazole rings is 1. The molecule has 30 heavy (non-hydrogen) atoms. The first-order chi connectivity index (χ1) is 14.4. The van der Waals surface area contributed by atoms with Gasteiger partial charge in [-0.05, 0) is 44.7 Å². The lowest BCUT2D eigenvalue weighted by atomic mass is 9.91. The van der Waals surface area contributed by atoms with Gasteiger partial charge in [-0.1, -0.05) is 0 Å². The van der Waals surface area contributed by atoms with Crippen LogP contribution in [-0.4, -0.2) is 48.6 Å². The van der Waals surface area contributed by atoms with Crippen molar-refractivity contribution in [2.45, 2.75) is 39.0 Å². The molecule has 4 rings (SSSR count). The number of fused-ring (bicyclic) bond motifs is 1. The van der Waals surface area contributed by atoms with Gasteiger partial charge < -0.3 is 18.9 Å². The number of rotatable bonds is 6. The Morgan fingerprint density at radius 1 is 1.23 bits per heavy atom. The number of carbonyl (C=O) groups excluding carboxylic acids is 2. The van der Waals surface area contributed by atoms with Gasteiger partial charge in [0.25, 0.3) is 5.56 Å². The quantitative estimate of drug-likeness (QED) is 0.631. The Morgan fingerprint density at radius 2 is 2.00 bits per heavy atom. The first-order valence-electron chi connectivity index (χ1n) is 10.4. The molecule has 1 aliphatic rings. The summed E-state index contributed by atoms with van der Waals surface area (Å²) in [5.74, 6) is 0.176. The van der Waals surface area contributed by atoms with E-state index in [9.17, 15) is 14.4 Å². The molecule has 1 N–H and O–H groups in total. The van der Waals surface area contributed by atoms with Crippen LogP contribution in [0.2, 0.25) is 0 Å². The van der Waals surface area contributed by atoms with Crippen LogP contribution in [0, 0.1) is 12.8 Å². The SMILES string of the molecule is Cc1ccc2c(=O)[nH]c(CCCC(=O)N3CCC(C(=O)c4cncn4C)CC3)cn12. The van der Waals surface area contributed by atoms with Gasteiger partial charge in [0.05, 0.1) is 12.5 Å². The Kier molecular flexibility index (Phi) is 5.57. The maximum atomic E-state index is 12.6. The molecule has 8 nitrogen and oxygen atoms in total. The van der Waals surface area contributed by atoms with E-state index in [0.29, 0.717) is 56.4 Å². The summed E-state index contributed by atoms with van der Waals surface area (Å²) in [7, 11) is 1.82. The third-order valence-electron chi connectivity index (χ3n) is 6.04. The number of aryl methyl sites for hydroxylation is 3. The first-order valence-corrected chi connectivity index (χ1v) is 10.4. The molecule has 0 atom stereocenters. The Hall–Kier alpha value is -3.16. The van der Waals surface area contributed by atoms with Crippen LogP contribution in [0.5, 0.6) is 0 Å². The molecule has 1 amide bonds. The number of nitrogens with zero attached hydrogens (tertiary/aromatic N) is 4. The van der Waals surface area contributed by atoms with Gasteiger partial charge in [-0.25, -0.2) is 4.98 Å². The van der Waals surface area contributed by atoms with Crippen molar-refractivity contribution in [2.75, 3.05) is 13.1 Å². The number of nitrogens with one attached hydrogen (secondary N) is 1. The van der Waals surface area contributed by atoms with Crippen molar-refractivity contribution < 1.29 is 9.59 Å². The Labute approximate surface area is 174 Å². The average Bonchev–Trinajstić information content (AvgIpc) is 3.33. The van der Waals surface area contributed by atoms with E-state index < -0.39 is 0 Å². The molecule has 1 aliphatic heterocycles. The van der Waals surface area contributed by atoms with Gasteiger partial charge in [-0.2, -0.15) is 0 Å². The van der Waals surface area contributed by atoms with Crippen LogP contribution < -0.4 is 5.56 Å². The van der Waals surface area contributed by atoms with Crippen LogP contribution >= 0.6 is 0 Å². The molecule has 8 heteroatoms. The van der Waals surface area contributed by atoms with E-state index in [2.05, 4.69) is 9.97 Å². The van der Waals surface area contributed by atoms with E-state index in [1.165, 1.54) is 0 Å².